The van der Waals surface area contributed by atoms with Crippen molar-refractivity contribution < 1.29 is 4.74 Å². The zero-order chi connectivity index (χ0) is 9.10. The summed E-state index contributed by atoms with van der Waals surface area (Å²) in [5.74, 6) is 0. The molecule has 2 rings (SSSR count). The average Bonchev–Trinajstić information content (AvgIpc) is 2.61. The van der Waals surface area contributed by atoms with Crippen molar-refractivity contribution in [2.45, 2.75) is 30.1 Å². The summed E-state index contributed by atoms with van der Waals surface area (Å²) >= 11 is 1.86. The Bertz CT molecular complexity index is 279. The first kappa shape index (κ1) is 9.10. The smallest absolute Gasteiger partial charge is 0.107 e. The van der Waals surface area contributed by atoms with Gasteiger partial charge in [-0.2, -0.15) is 0 Å². The molecule has 0 bridgehead atoms. The van der Waals surface area contributed by atoms with Gasteiger partial charge in [0.05, 0.1) is 0 Å². The number of hydrogen-bond donors (Lipinski definition) is 0. The van der Waals surface area contributed by atoms with Gasteiger partial charge in [-0.1, -0.05) is 30.0 Å². The predicted molar refractivity (Wildman–Crippen MR) is 56.0 cm³/mol. The fourth-order valence-corrected chi connectivity index (χ4v) is 2.61. The van der Waals surface area contributed by atoms with E-state index in [-0.39, 0.29) is 0 Å². The van der Waals surface area contributed by atoms with E-state index < -0.39 is 0 Å². The second-order valence-electron chi connectivity index (χ2n) is 3.33. The van der Waals surface area contributed by atoms with Crippen LogP contribution in [0.25, 0.3) is 0 Å². The molecule has 1 aromatic carbocycles. The molecule has 2 heteroatoms. The minimum atomic E-state index is 0.390. The molecule has 1 aliphatic rings. The van der Waals surface area contributed by atoms with Crippen LogP contribution in [0.3, 0.4) is 0 Å². The first-order valence-electron chi connectivity index (χ1n) is 4.70. The van der Waals surface area contributed by atoms with Crippen LogP contribution in [0.15, 0.2) is 29.2 Å². The van der Waals surface area contributed by atoms with E-state index in [0.717, 1.165) is 6.61 Å². The molecule has 13 heavy (non-hydrogen) atoms. The molecule has 0 aliphatic carbocycles. The van der Waals surface area contributed by atoms with Gasteiger partial charge in [-0.3, -0.25) is 0 Å². The van der Waals surface area contributed by atoms with Crippen molar-refractivity contribution in [1.29, 1.82) is 0 Å². The maximum Gasteiger partial charge on any atom is 0.107 e. The predicted octanol–water partition coefficient (Wildman–Crippen LogP) is 3.22. The normalized spacial score (nSPS) is 22.1. The van der Waals surface area contributed by atoms with Gasteiger partial charge < -0.3 is 4.74 Å². The van der Waals surface area contributed by atoms with Gasteiger partial charge in [0.15, 0.2) is 0 Å². The first-order chi connectivity index (χ1) is 6.36. The number of benzene rings is 1. The van der Waals surface area contributed by atoms with Crippen LogP contribution in [0.5, 0.6) is 0 Å². The van der Waals surface area contributed by atoms with Crippen molar-refractivity contribution in [3.63, 3.8) is 0 Å². The summed E-state index contributed by atoms with van der Waals surface area (Å²) in [6.45, 7) is 3.08. The van der Waals surface area contributed by atoms with Crippen LogP contribution in [0.4, 0.5) is 0 Å². The fraction of sp³-hybridized carbons (Fsp3) is 0.455. The average molecular weight is 194 g/mol. The van der Waals surface area contributed by atoms with Gasteiger partial charge >= 0.3 is 0 Å². The van der Waals surface area contributed by atoms with Crippen molar-refractivity contribution in [2.24, 2.45) is 0 Å². The lowest BCUT2D eigenvalue weighted by molar-refractivity contribution is 0.173. The van der Waals surface area contributed by atoms with E-state index in [4.69, 9.17) is 4.74 Å². The number of thioether (sulfide) groups is 1. The maximum absolute atomic E-state index is 5.57. The molecule has 70 valence electrons. The SMILES string of the molecule is Cc1ccccc1SC1CCCO1. The van der Waals surface area contributed by atoms with Crippen LogP contribution in [0.2, 0.25) is 0 Å². The fourth-order valence-electron chi connectivity index (χ4n) is 1.47. The van der Waals surface area contributed by atoms with Crippen molar-refractivity contribution in [3.8, 4) is 0 Å². The van der Waals surface area contributed by atoms with Crippen molar-refractivity contribution in [3.05, 3.63) is 29.8 Å². The summed E-state index contributed by atoms with van der Waals surface area (Å²) < 4.78 is 5.57. The molecule has 1 unspecified atom stereocenters. The van der Waals surface area contributed by atoms with Crippen molar-refractivity contribution >= 4 is 11.8 Å². The zero-order valence-electron chi connectivity index (χ0n) is 7.82. The Morgan fingerprint density at radius 3 is 2.92 bits per heavy atom. The minimum absolute atomic E-state index is 0.390. The molecule has 1 aliphatic heterocycles. The summed E-state index contributed by atoms with van der Waals surface area (Å²) in [5, 5.41) is 0. The molecule has 1 atom stereocenters. The van der Waals surface area contributed by atoms with Crippen LogP contribution in [-0.2, 0) is 4.74 Å². The molecule has 1 aromatic rings. The van der Waals surface area contributed by atoms with Crippen LogP contribution in [0, 0.1) is 6.92 Å². The lowest BCUT2D eigenvalue weighted by atomic mass is 10.2. The molecule has 0 aromatic heterocycles. The molecule has 1 saturated heterocycles. The molecule has 0 saturated carbocycles. The Balaban J connectivity index is 2.04. The van der Waals surface area contributed by atoms with Crippen LogP contribution >= 0.6 is 11.8 Å². The van der Waals surface area contributed by atoms with Crippen molar-refractivity contribution in [1.82, 2.24) is 0 Å². The first-order valence-corrected chi connectivity index (χ1v) is 5.58. The van der Waals surface area contributed by atoms with Gasteiger partial charge in [0.1, 0.15) is 5.44 Å². The maximum atomic E-state index is 5.57. The molecular formula is C11H14OS. The third-order valence-corrected chi connectivity index (χ3v) is 3.59. The van der Waals surface area contributed by atoms with Gasteiger partial charge in [0.2, 0.25) is 0 Å². The Hall–Kier alpha value is -0.470. The highest BCUT2D eigenvalue weighted by Crippen LogP contribution is 2.32. The highest BCUT2D eigenvalue weighted by molar-refractivity contribution is 7.99. The van der Waals surface area contributed by atoms with E-state index >= 15 is 0 Å². The lowest BCUT2D eigenvalue weighted by Gasteiger charge is -2.10. The van der Waals surface area contributed by atoms with Gasteiger partial charge in [-0.25, -0.2) is 0 Å². The highest BCUT2D eigenvalue weighted by Gasteiger charge is 2.16. The summed E-state index contributed by atoms with van der Waals surface area (Å²) in [4.78, 5) is 1.36. The second-order valence-corrected chi connectivity index (χ2v) is 4.53. The molecular weight excluding hydrogens is 180 g/mol. The monoisotopic (exact) mass is 194 g/mol. The van der Waals surface area contributed by atoms with E-state index in [1.54, 1.807) is 0 Å². The molecule has 0 amide bonds. The molecule has 1 fully saturated rings. The quantitative estimate of drug-likeness (QED) is 0.715. The van der Waals surface area contributed by atoms with E-state index in [1.165, 1.54) is 23.3 Å². The largest absolute Gasteiger partial charge is 0.367 e. The van der Waals surface area contributed by atoms with E-state index in [0.29, 0.717) is 5.44 Å². The topological polar surface area (TPSA) is 9.23 Å². The van der Waals surface area contributed by atoms with Crippen LogP contribution in [-0.4, -0.2) is 12.0 Å². The van der Waals surface area contributed by atoms with Gasteiger partial charge in [0.25, 0.3) is 0 Å². The van der Waals surface area contributed by atoms with Crippen LogP contribution in [0.1, 0.15) is 18.4 Å². The van der Waals surface area contributed by atoms with E-state index in [2.05, 4.69) is 31.2 Å². The number of aryl methyl sites for hydroxylation is 1. The lowest BCUT2D eigenvalue weighted by Crippen LogP contribution is -1.98. The second kappa shape index (κ2) is 4.16. The molecule has 1 nitrogen and oxygen atoms in total. The highest BCUT2D eigenvalue weighted by atomic mass is 32.2. The standard InChI is InChI=1S/C11H14OS/c1-9-5-2-3-6-10(9)13-11-7-4-8-12-11/h2-3,5-6,11H,4,7-8H2,1H3. The summed E-state index contributed by atoms with van der Waals surface area (Å²) in [5.41, 5.74) is 1.74. The van der Waals surface area contributed by atoms with Gasteiger partial charge in [-0.15, -0.1) is 0 Å². The number of rotatable bonds is 2. The Morgan fingerprint density at radius 1 is 1.38 bits per heavy atom. The summed E-state index contributed by atoms with van der Waals surface area (Å²) in [7, 11) is 0. The molecule has 0 radical (unpaired) electrons. The Labute approximate surface area is 83.5 Å². The van der Waals surface area contributed by atoms with Crippen LogP contribution < -0.4 is 0 Å². The zero-order valence-corrected chi connectivity index (χ0v) is 8.64. The van der Waals surface area contributed by atoms with Crippen molar-refractivity contribution in [2.75, 3.05) is 6.61 Å². The molecule has 0 spiro atoms. The van der Waals surface area contributed by atoms with Gasteiger partial charge in [0, 0.05) is 11.5 Å². The Morgan fingerprint density at radius 2 is 2.23 bits per heavy atom. The minimum Gasteiger partial charge on any atom is -0.367 e. The number of ether oxygens (including phenoxy) is 1. The molecule has 0 N–H and O–H groups in total. The third-order valence-electron chi connectivity index (χ3n) is 2.24. The van der Waals surface area contributed by atoms with E-state index in [9.17, 15) is 0 Å². The summed E-state index contributed by atoms with van der Waals surface area (Å²) in [6.07, 6.45) is 2.41. The third kappa shape index (κ3) is 2.26. The van der Waals surface area contributed by atoms with E-state index in [1.807, 2.05) is 11.8 Å². The molecule has 1 heterocycles. The summed E-state index contributed by atoms with van der Waals surface area (Å²) in [6, 6.07) is 8.48. The number of hydrogen-bond acceptors (Lipinski definition) is 2. The van der Waals surface area contributed by atoms with Gasteiger partial charge in [-0.05, 0) is 31.4 Å². The Kier molecular flexibility index (Phi) is 2.91.